The van der Waals surface area contributed by atoms with E-state index in [1.807, 2.05) is 0 Å². The maximum atomic E-state index is 12.7. The topological polar surface area (TPSA) is 76.1 Å². The molecule has 2 fully saturated rings. The third-order valence-electron chi connectivity index (χ3n) is 4.37. The van der Waals surface area contributed by atoms with Crippen LogP contribution in [0.1, 0.15) is 32.6 Å². The van der Waals surface area contributed by atoms with Gasteiger partial charge in [-0.25, -0.2) is 4.79 Å². The van der Waals surface area contributed by atoms with Crippen molar-refractivity contribution in [1.82, 2.24) is 4.90 Å². The Bertz CT molecular complexity index is 380. The number of amides is 1. The van der Waals surface area contributed by atoms with Crippen molar-refractivity contribution in [1.29, 1.82) is 0 Å². The van der Waals surface area contributed by atoms with Crippen molar-refractivity contribution in [2.75, 3.05) is 26.8 Å². The van der Waals surface area contributed by atoms with E-state index in [1.165, 1.54) is 0 Å². The van der Waals surface area contributed by atoms with Crippen LogP contribution in [0.3, 0.4) is 0 Å². The van der Waals surface area contributed by atoms with Crippen molar-refractivity contribution >= 4 is 11.9 Å². The average Bonchev–Trinajstić information content (AvgIpc) is 2.36. The molecule has 1 heterocycles. The smallest absolute Gasteiger partial charge is 0.334 e. The number of methoxy groups -OCH3 is 1. The van der Waals surface area contributed by atoms with Crippen LogP contribution in [0, 0.1) is 5.41 Å². The summed E-state index contributed by atoms with van der Waals surface area (Å²) in [5.74, 6) is -0.934. The molecule has 0 aromatic rings. The zero-order valence-corrected chi connectivity index (χ0v) is 12.1. The van der Waals surface area contributed by atoms with Crippen LogP contribution in [-0.2, 0) is 19.1 Å². The lowest BCUT2D eigenvalue weighted by atomic mass is 9.65. The minimum absolute atomic E-state index is 0.0715. The van der Waals surface area contributed by atoms with Crippen LogP contribution in [0.4, 0.5) is 0 Å². The fourth-order valence-corrected chi connectivity index (χ4v) is 3.06. The predicted octanol–water partition coefficient (Wildman–Crippen LogP) is 0.894. The second-order valence-electron chi connectivity index (χ2n) is 5.86. The van der Waals surface area contributed by atoms with Gasteiger partial charge in [-0.15, -0.1) is 0 Å². The van der Waals surface area contributed by atoms with Crippen molar-refractivity contribution in [2.24, 2.45) is 5.41 Å². The molecule has 114 valence electrons. The van der Waals surface area contributed by atoms with Crippen molar-refractivity contribution in [3.05, 3.63) is 0 Å². The fourth-order valence-electron chi connectivity index (χ4n) is 3.06. The quantitative estimate of drug-likeness (QED) is 0.812. The zero-order chi connectivity index (χ0) is 14.8. The lowest BCUT2D eigenvalue weighted by Crippen LogP contribution is -2.57. The Morgan fingerprint density at radius 1 is 1.40 bits per heavy atom. The Morgan fingerprint density at radius 2 is 2.10 bits per heavy atom. The SMILES string of the molecule is COCCC1(C(=O)N2CC(C(=O)O)O[C@H](C)C2)CCC1. The van der Waals surface area contributed by atoms with E-state index in [4.69, 9.17) is 14.6 Å². The van der Waals surface area contributed by atoms with Crippen LogP contribution >= 0.6 is 0 Å². The van der Waals surface area contributed by atoms with E-state index in [0.717, 1.165) is 19.3 Å². The molecule has 0 radical (unpaired) electrons. The molecule has 6 nitrogen and oxygen atoms in total. The summed E-state index contributed by atoms with van der Waals surface area (Å²) < 4.78 is 10.5. The summed E-state index contributed by atoms with van der Waals surface area (Å²) in [5.41, 5.74) is -0.337. The number of carboxylic acid groups (broad SMARTS) is 1. The van der Waals surface area contributed by atoms with E-state index >= 15 is 0 Å². The third kappa shape index (κ3) is 2.96. The number of carbonyl (C=O) groups is 2. The van der Waals surface area contributed by atoms with E-state index in [9.17, 15) is 9.59 Å². The zero-order valence-electron chi connectivity index (χ0n) is 12.1. The van der Waals surface area contributed by atoms with E-state index in [0.29, 0.717) is 19.6 Å². The molecule has 0 spiro atoms. The lowest BCUT2D eigenvalue weighted by molar-refractivity contribution is -0.173. The molecule has 2 aliphatic rings. The first kappa shape index (κ1) is 15.3. The molecule has 0 bridgehead atoms. The Hall–Kier alpha value is -1.14. The Labute approximate surface area is 119 Å². The van der Waals surface area contributed by atoms with Crippen molar-refractivity contribution in [3.8, 4) is 0 Å². The monoisotopic (exact) mass is 285 g/mol. The van der Waals surface area contributed by atoms with Gasteiger partial charge in [0.05, 0.1) is 18.1 Å². The molecule has 6 heteroatoms. The molecule has 1 aliphatic carbocycles. The molecule has 1 amide bonds. The van der Waals surface area contributed by atoms with E-state index in [2.05, 4.69) is 0 Å². The van der Waals surface area contributed by atoms with Gasteiger partial charge >= 0.3 is 5.97 Å². The van der Waals surface area contributed by atoms with Crippen molar-refractivity contribution in [2.45, 2.75) is 44.8 Å². The predicted molar refractivity (Wildman–Crippen MR) is 71.3 cm³/mol. The maximum absolute atomic E-state index is 12.7. The Balaban J connectivity index is 2.05. The van der Waals surface area contributed by atoms with Gasteiger partial charge in [0, 0.05) is 20.3 Å². The molecule has 1 saturated heterocycles. The average molecular weight is 285 g/mol. The minimum atomic E-state index is -1.01. The van der Waals surface area contributed by atoms with Crippen LogP contribution in [0.25, 0.3) is 0 Å². The van der Waals surface area contributed by atoms with Crippen molar-refractivity contribution < 1.29 is 24.2 Å². The molecule has 1 aliphatic heterocycles. The van der Waals surface area contributed by atoms with E-state index < -0.39 is 12.1 Å². The maximum Gasteiger partial charge on any atom is 0.334 e. The van der Waals surface area contributed by atoms with Crippen LogP contribution in [0.15, 0.2) is 0 Å². The highest BCUT2D eigenvalue weighted by Crippen LogP contribution is 2.45. The van der Waals surface area contributed by atoms with Crippen LogP contribution < -0.4 is 0 Å². The molecular weight excluding hydrogens is 262 g/mol. The van der Waals surface area contributed by atoms with Gasteiger partial charge in [0.25, 0.3) is 0 Å². The van der Waals surface area contributed by atoms with Crippen LogP contribution in [0.5, 0.6) is 0 Å². The highest BCUT2D eigenvalue weighted by molar-refractivity contribution is 5.84. The first-order chi connectivity index (χ1) is 9.48. The fraction of sp³-hybridized carbons (Fsp3) is 0.857. The summed E-state index contributed by atoms with van der Waals surface area (Å²) in [6.45, 7) is 2.98. The lowest BCUT2D eigenvalue weighted by Gasteiger charge is -2.46. The standard InChI is InChI=1S/C14H23NO5/c1-10-8-15(9-11(20-10)12(16)17)13(18)14(4-3-5-14)6-7-19-2/h10-11H,3-9H2,1-2H3,(H,16,17)/t10-,11?/m1/s1. The summed E-state index contributed by atoms with van der Waals surface area (Å²) in [6, 6.07) is 0. The molecule has 1 unspecified atom stereocenters. The second kappa shape index (κ2) is 6.10. The van der Waals surface area contributed by atoms with E-state index in [1.54, 1.807) is 18.9 Å². The summed E-state index contributed by atoms with van der Waals surface area (Å²) in [7, 11) is 1.63. The number of hydrogen-bond donors (Lipinski definition) is 1. The normalized spacial score (nSPS) is 28.8. The molecule has 20 heavy (non-hydrogen) atoms. The molecule has 2 rings (SSSR count). The first-order valence-electron chi connectivity index (χ1n) is 7.15. The Morgan fingerprint density at radius 3 is 2.60 bits per heavy atom. The van der Waals surface area contributed by atoms with Gasteiger partial charge in [0.2, 0.25) is 5.91 Å². The molecule has 2 atom stereocenters. The molecule has 0 aromatic carbocycles. The number of rotatable bonds is 5. The highest BCUT2D eigenvalue weighted by atomic mass is 16.5. The number of hydrogen-bond acceptors (Lipinski definition) is 4. The van der Waals surface area contributed by atoms with Gasteiger partial charge < -0.3 is 19.5 Å². The second-order valence-corrected chi connectivity index (χ2v) is 5.86. The summed E-state index contributed by atoms with van der Waals surface area (Å²) in [5, 5.41) is 9.09. The number of aliphatic carboxylic acids is 1. The third-order valence-corrected chi connectivity index (χ3v) is 4.37. The molecular formula is C14H23NO5. The number of nitrogens with zero attached hydrogens (tertiary/aromatic N) is 1. The first-order valence-corrected chi connectivity index (χ1v) is 7.15. The van der Waals surface area contributed by atoms with Gasteiger partial charge in [-0.3, -0.25) is 4.79 Å². The van der Waals surface area contributed by atoms with Gasteiger partial charge in [0.1, 0.15) is 0 Å². The molecule has 1 saturated carbocycles. The Kier molecular flexibility index (Phi) is 4.65. The van der Waals surface area contributed by atoms with Gasteiger partial charge in [-0.1, -0.05) is 6.42 Å². The largest absolute Gasteiger partial charge is 0.479 e. The van der Waals surface area contributed by atoms with E-state index in [-0.39, 0.29) is 24.0 Å². The highest BCUT2D eigenvalue weighted by Gasteiger charge is 2.47. The summed E-state index contributed by atoms with van der Waals surface area (Å²) in [4.78, 5) is 25.5. The minimum Gasteiger partial charge on any atom is -0.479 e. The van der Waals surface area contributed by atoms with Gasteiger partial charge in [-0.05, 0) is 26.2 Å². The van der Waals surface area contributed by atoms with Gasteiger partial charge in [-0.2, -0.15) is 0 Å². The van der Waals surface area contributed by atoms with Crippen molar-refractivity contribution in [3.63, 3.8) is 0 Å². The number of carboxylic acids is 1. The van der Waals surface area contributed by atoms with Crippen LogP contribution in [0.2, 0.25) is 0 Å². The van der Waals surface area contributed by atoms with Gasteiger partial charge in [0.15, 0.2) is 6.10 Å². The summed E-state index contributed by atoms with van der Waals surface area (Å²) >= 11 is 0. The number of carbonyl (C=O) groups excluding carboxylic acids is 1. The number of ether oxygens (including phenoxy) is 2. The van der Waals surface area contributed by atoms with Crippen LogP contribution in [-0.4, -0.2) is 60.9 Å². The number of morpholine rings is 1. The molecule has 1 N–H and O–H groups in total. The summed E-state index contributed by atoms with van der Waals surface area (Å²) in [6.07, 6.45) is 2.36. The molecule has 0 aromatic heterocycles.